The lowest BCUT2D eigenvalue weighted by Crippen LogP contribution is -2.51. The van der Waals surface area contributed by atoms with Gasteiger partial charge in [0.15, 0.2) is 0 Å². The molecule has 136 valence electrons. The van der Waals surface area contributed by atoms with Gasteiger partial charge in [0.05, 0.1) is 11.4 Å². The third kappa shape index (κ3) is 3.77. The van der Waals surface area contributed by atoms with E-state index in [9.17, 15) is 19.1 Å². The third-order valence-corrected chi connectivity index (χ3v) is 4.36. The van der Waals surface area contributed by atoms with Crippen molar-refractivity contribution in [3.8, 4) is 5.75 Å². The zero-order valence-electron chi connectivity index (χ0n) is 14.4. The van der Waals surface area contributed by atoms with E-state index in [1.807, 2.05) is 11.8 Å². The minimum Gasteiger partial charge on any atom is -0.506 e. The molecule has 0 atom stereocenters. The number of hydrogen-bond donors (Lipinski definition) is 2. The SMILES string of the molecule is Cc1ccc(NC(=O)C(=O)N2CCN(c3ccccc3F)CC2)c(O)c1. The van der Waals surface area contributed by atoms with E-state index in [1.165, 1.54) is 17.0 Å². The van der Waals surface area contributed by atoms with Crippen molar-refractivity contribution in [2.75, 3.05) is 36.4 Å². The summed E-state index contributed by atoms with van der Waals surface area (Å²) in [5.41, 5.74) is 1.53. The molecular weight excluding hydrogens is 337 g/mol. The van der Waals surface area contributed by atoms with Crippen LogP contribution in [0.3, 0.4) is 0 Å². The number of aromatic hydroxyl groups is 1. The molecule has 2 amide bonds. The topological polar surface area (TPSA) is 72.9 Å². The van der Waals surface area contributed by atoms with Gasteiger partial charge in [-0.25, -0.2) is 4.39 Å². The Morgan fingerprint density at radius 2 is 1.77 bits per heavy atom. The molecule has 0 unspecified atom stereocenters. The van der Waals surface area contributed by atoms with E-state index in [-0.39, 0.29) is 17.3 Å². The van der Waals surface area contributed by atoms with Gasteiger partial charge in [0.1, 0.15) is 11.6 Å². The largest absolute Gasteiger partial charge is 0.506 e. The van der Waals surface area contributed by atoms with Crippen molar-refractivity contribution in [3.05, 3.63) is 53.8 Å². The maximum atomic E-state index is 13.9. The van der Waals surface area contributed by atoms with E-state index >= 15 is 0 Å². The molecule has 2 aromatic carbocycles. The third-order valence-electron chi connectivity index (χ3n) is 4.36. The summed E-state index contributed by atoms with van der Waals surface area (Å²) in [6, 6.07) is 11.3. The summed E-state index contributed by atoms with van der Waals surface area (Å²) in [7, 11) is 0. The van der Waals surface area contributed by atoms with Crippen molar-refractivity contribution >= 4 is 23.2 Å². The fourth-order valence-electron chi connectivity index (χ4n) is 2.93. The number of phenols is 1. The number of para-hydroxylation sites is 1. The molecule has 26 heavy (non-hydrogen) atoms. The van der Waals surface area contributed by atoms with Gasteiger partial charge >= 0.3 is 11.8 Å². The predicted molar refractivity (Wildman–Crippen MR) is 96.7 cm³/mol. The lowest BCUT2D eigenvalue weighted by atomic mass is 10.2. The minimum absolute atomic E-state index is 0.0875. The van der Waals surface area contributed by atoms with Crippen LogP contribution >= 0.6 is 0 Å². The number of phenolic OH excluding ortho intramolecular Hbond substituents is 1. The van der Waals surface area contributed by atoms with Crippen LogP contribution < -0.4 is 10.2 Å². The molecular formula is C19H20FN3O3. The first-order valence-electron chi connectivity index (χ1n) is 8.35. The van der Waals surface area contributed by atoms with Gasteiger partial charge in [-0.15, -0.1) is 0 Å². The number of nitrogens with one attached hydrogen (secondary N) is 1. The number of piperazine rings is 1. The van der Waals surface area contributed by atoms with Crippen molar-refractivity contribution in [2.24, 2.45) is 0 Å². The highest BCUT2D eigenvalue weighted by Crippen LogP contribution is 2.24. The van der Waals surface area contributed by atoms with Crippen LogP contribution in [0.15, 0.2) is 42.5 Å². The van der Waals surface area contributed by atoms with Gasteiger partial charge in [0.25, 0.3) is 0 Å². The number of aryl methyl sites for hydroxylation is 1. The number of nitrogens with zero attached hydrogens (tertiary/aromatic N) is 2. The molecule has 3 rings (SSSR count). The Bertz CT molecular complexity index is 833. The number of halogens is 1. The highest BCUT2D eigenvalue weighted by Gasteiger charge is 2.27. The standard InChI is InChI=1S/C19H20FN3O3/c1-13-6-7-15(17(24)12-13)21-18(25)19(26)23-10-8-22(9-11-23)16-5-3-2-4-14(16)20/h2-7,12,24H,8-11H2,1H3,(H,21,25). The van der Waals surface area contributed by atoms with Crippen LogP contribution in [0.5, 0.6) is 5.75 Å². The smallest absolute Gasteiger partial charge is 0.314 e. The number of rotatable bonds is 2. The molecule has 0 aliphatic carbocycles. The van der Waals surface area contributed by atoms with Crippen molar-refractivity contribution in [2.45, 2.75) is 6.92 Å². The summed E-state index contributed by atoms with van der Waals surface area (Å²) in [6.07, 6.45) is 0. The van der Waals surface area contributed by atoms with Gasteiger partial charge in [-0.1, -0.05) is 18.2 Å². The molecule has 0 bridgehead atoms. The van der Waals surface area contributed by atoms with Crippen LogP contribution in [0.1, 0.15) is 5.56 Å². The highest BCUT2D eigenvalue weighted by atomic mass is 19.1. The summed E-state index contributed by atoms with van der Waals surface area (Å²) in [5, 5.41) is 12.3. The van der Waals surface area contributed by atoms with Crippen molar-refractivity contribution < 1.29 is 19.1 Å². The van der Waals surface area contributed by atoms with Crippen molar-refractivity contribution in [1.82, 2.24) is 4.90 Å². The number of anilines is 2. The Kier molecular flexibility index (Phi) is 5.06. The van der Waals surface area contributed by atoms with E-state index < -0.39 is 11.8 Å². The van der Waals surface area contributed by atoms with Gasteiger partial charge in [-0.2, -0.15) is 0 Å². The molecule has 0 saturated carbocycles. The average molecular weight is 357 g/mol. The molecule has 1 aliphatic rings. The number of benzene rings is 2. The lowest BCUT2D eigenvalue weighted by Gasteiger charge is -2.35. The Hall–Kier alpha value is -3.09. The average Bonchev–Trinajstić information content (AvgIpc) is 2.64. The molecule has 2 N–H and O–H groups in total. The highest BCUT2D eigenvalue weighted by molar-refractivity contribution is 6.39. The van der Waals surface area contributed by atoms with Crippen molar-refractivity contribution in [3.63, 3.8) is 0 Å². The van der Waals surface area contributed by atoms with Gasteiger partial charge < -0.3 is 20.2 Å². The Labute approximate surface area is 150 Å². The second kappa shape index (κ2) is 7.43. The fraction of sp³-hybridized carbons (Fsp3) is 0.263. The molecule has 1 saturated heterocycles. The summed E-state index contributed by atoms with van der Waals surface area (Å²) in [5.74, 6) is -1.86. The molecule has 1 heterocycles. The summed E-state index contributed by atoms with van der Waals surface area (Å²) in [6.45, 7) is 3.33. The molecule has 7 heteroatoms. The predicted octanol–water partition coefficient (Wildman–Crippen LogP) is 2.13. The van der Waals surface area contributed by atoms with Gasteiger partial charge in [-0.05, 0) is 36.8 Å². The van der Waals surface area contributed by atoms with Crippen LogP contribution in [0.4, 0.5) is 15.8 Å². The quantitative estimate of drug-likeness (QED) is 0.638. The van der Waals surface area contributed by atoms with Crippen LogP contribution in [0.25, 0.3) is 0 Å². The second-order valence-corrected chi connectivity index (χ2v) is 6.21. The van der Waals surface area contributed by atoms with E-state index in [4.69, 9.17) is 0 Å². The number of carbonyl (C=O) groups excluding carboxylic acids is 2. The van der Waals surface area contributed by atoms with E-state index in [0.717, 1.165) is 5.56 Å². The molecule has 0 radical (unpaired) electrons. The maximum Gasteiger partial charge on any atom is 0.314 e. The van der Waals surface area contributed by atoms with Crippen LogP contribution in [-0.4, -0.2) is 48.0 Å². The normalized spacial score (nSPS) is 14.2. The van der Waals surface area contributed by atoms with Gasteiger partial charge in [-0.3, -0.25) is 9.59 Å². The number of carbonyl (C=O) groups is 2. The van der Waals surface area contributed by atoms with Crippen LogP contribution in [0.2, 0.25) is 0 Å². The summed E-state index contributed by atoms with van der Waals surface area (Å²) in [4.78, 5) is 27.8. The fourth-order valence-corrected chi connectivity index (χ4v) is 2.93. The molecule has 1 aliphatic heterocycles. The zero-order valence-corrected chi connectivity index (χ0v) is 14.4. The molecule has 1 fully saturated rings. The van der Waals surface area contributed by atoms with E-state index in [0.29, 0.717) is 31.9 Å². The number of amides is 2. The molecule has 0 spiro atoms. The molecule has 6 nitrogen and oxygen atoms in total. The van der Waals surface area contributed by atoms with Gasteiger partial charge in [0.2, 0.25) is 0 Å². The zero-order chi connectivity index (χ0) is 18.7. The summed E-state index contributed by atoms with van der Waals surface area (Å²) < 4.78 is 13.9. The lowest BCUT2D eigenvalue weighted by molar-refractivity contribution is -0.143. The van der Waals surface area contributed by atoms with E-state index in [2.05, 4.69) is 5.32 Å². The summed E-state index contributed by atoms with van der Waals surface area (Å²) >= 11 is 0. The van der Waals surface area contributed by atoms with Crippen molar-refractivity contribution in [1.29, 1.82) is 0 Å². The Morgan fingerprint density at radius 1 is 1.08 bits per heavy atom. The first kappa shape index (κ1) is 17.7. The molecule has 0 aromatic heterocycles. The maximum absolute atomic E-state index is 13.9. The minimum atomic E-state index is -0.802. The Morgan fingerprint density at radius 3 is 2.42 bits per heavy atom. The Balaban J connectivity index is 1.59. The first-order chi connectivity index (χ1) is 12.5. The molecule has 2 aromatic rings. The van der Waals surface area contributed by atoms with E-state index in [1.54, 1.807) is 30.3 Å². The number of hydrogen-bond acceptors (Lipinski definition) is 4. The second-order valence-electron chi connectivity index (χ2n) is 6.21. The van der Waals surface area contributed by atoms with Crippen LogP contribution in [-0.2, 0) is 9.59 Å². The monoisotopic (exact) mass is 357 g/mol. The van der Waals surface area contributed by atoms with Gasteiger partial charge in [0, 0.05) is 26.2 Å². The van der Waals surface area contributed by atoms with Crippen LogP contribution in [0, 0.1) is 12.7 Å². The first-order valence-corrected chi connectivity index (χ1v) is 8.35.